The molecule has 8 nitrogen and oxygen atoms in total. The largest absolute Gasteiger partial charge is 0.497 e. The minimum atomic E-state index is -4.56. The monoisotopic (exact) mass is 476 g/mol. The molecule has 0 saturated heterocycles. The summed E-state index contributed by atoms with van der Waals surface area (Å²) < 4.78 is 58.1. The summed E-state index contributed by atoms with van der Waals surface area (Å²) in [5, 5.41) is 9.67. The molecule has 180 valence electrons. The number of carbonyl (C=O) groups is 1. The molecule has 4 rings (SSSR count). The molecule has 34 heavy (non-hydrogen) atoms. The average Bonchev–Trinajstić information content (AvgIpc) is 3.27. The Hall–Kier alpha value is -3.89. The van der Waals surface area contributed by atoms with Gasteiger partial charge in [0.05, 0.1) is 33.1 Å². The SMILES string of the molecule is COc1ccc([C@@H]2C[C@@H](C(F)(F)F)n3nc(C(=O)Nc4cc(OC)ccc4OC)cc3N2)cc1. The van der Waals surface area contributed by atoms with Crippen molar-refractivity contribution in [3.63, 3.8) is 0 Å². The zero-order chi connectivity index (χ0) is 24.5. The average molecular weight is 476 g/mol. The van der Waals surface area contributed by atoms with Crippen LogP contribution in [0, 0.1) is 0 Å². The number of aromatic nitrogens is 2. The van der Waals surface area contributed by atoms with Gasteiger partial charge in [-0.25, -0.2) is 4.68 Å². The molecule has 11 heteroatoms. The molecule has 1 aliphatic heterocycles. The molecule has 0 bridgehead atoms. The van der Waals surface area contributed by atoms with Gasteiger partial charge in [0, 0.05) is 18.6 Å². The second-order valence-electron chi connectivity index (χ2n) is 7.64. The van der Waals surface area contributed by atoms with Crippen LogP contribution in [0.4, 0.5) is 24.7 Å². The Bertz CT molecular complexity index is 1180. The summed E-state index contributed by atoms with van der Waals surface area (Å²) in [5.74, 6) is 0.851. The van der Waals surface area contributed by atoms with Gasteiger partial charge in [-0.2, -0.15) is 18.3 Å². The van der Waals surface area contributed by atoms with Gasteiger partial charge in [-0.3, -0.25) is 4.79 Å². The van der Waals surface area contributed by atoms with Gasteiger partial charge in [-0.05, 0) is 29.8 Å². The van der Waals surface area contributed by atoms with Crippen molar-refractivity contribution in [2.75, 3.05) is 32.0 Å². The van der Waals surface area contributed by atoms with E-state index < -0.39 is 24.2 Å². The number of halogens is 3. The summed E-state index contributed by atoms with van der Waals surface area (Å²) in [6, 6.07) is 10.4. The number of nitrogens with zero attached hydrogens (tertiary/aromatic N) is 2. The van der Waals surface area contributed by atoms with Gasteiger partial charge < -0.3 is 24.8 Å². The second-order valence-corrected chi connectivity index (χ2v) is 7.64. The second kappa shape index (κ2) is 9.16. The van der Waals surface area contributed by atoms with Gasteiger partial charge in [0.2, 0.25) is 0 Å². The van der Waals surface area contributed by atoms with E-state index >= 15 is 0 Å². The van der Waals surface area contributed by atoms with Crippen molar-refractivity contribution < 1.29 is 32.2 Å². The number of alkyl halides is 3. The van der Waals surface area contributed by atoms with Crippen LogP contribution in [0.5, 0.6) is 17.2 Å². The maximum absolute atomic E-state index is 13.9. The Labute approximate surface area is 193 Å². The highest BCUT2D eigenvalue weighted by molar-refractivity contribution is 6.04. The molecule has 0 aliphatic carbocycles. The van der Waals surface area contributed by atoms with Crippen LogP contribution >= 0.6 is 0 Å². The van der Waals surface area contributed by atoms with Crippen molar-refractivity contribution in [1.29, 1.82) is 0 Å². The zero-order valence-electron chi connectivity index (χ0n) is 18.6. The van der Waals surface area contributed by atoms with Crippen molar-refractivity contribution in [1.82, 2.24) is 9.78 Å². The molecule has 0 spiro atoms. The standard InChI is InChI=1S/C23H23F3N4O4/c1-32-14-6-4-13(5-7-14)16-11-20(23(24,25)26)30-21(27-16)12-18(29-30)22(31)28-17-10-15(33-2)8-9-19(17)34-3/h4-10,12,16,20,27H,11H2,1-3H3,(H,28,31)/t16-,20-/m0/s1. The van der Waals surface area contributed by atoms with Crippen LogP contribution in [-0.4, -0.2) is 43.2 Å². The van der Waals surface area contributed by atoms with E-state index in [9.17, 15) is 18.0 Å². The lowest BCUT2D eigenvalue weighted by atomic mass is 9.97. The lowest BCUT2D eigenvalue weighted by Gasteiger charge is -2.33. The molecule has 1 amide bonds. The summed E-state index contributed by atoms with van der Waals surface area (Å²) in [6.45, 7) is 0. The molecule has 2 aromatic carbocycles. The predicted octanol–water partition coefficient (Wildman–Crippen LogP) is 4.82. The highest BCUT2D eigenvalue weighted by Gasteiger charge is 2.46. The number of hydrogen-bond acceptors (Lipinski definition) is 6. The Morgan fingerprint density at radius 1 is 1.03 bits per heavy atom. The predicted molar refractivity (Wildman–Crippen MR) is 119 cm³/mol. The zero-order valence-corrected chi connectivity index (χ0v) is 18.6. The fourth-order valence-electron chi connectivity index (χ4n) is 3.84. The molecule has 0 saturated carbocycles. The fraction of sp³-hybridized carbons (Fsp3) is 0.304. The van der Waals surface area contributed by atoms with Crippen LogP contribution in [0.15, 0.2) is 48.5 Å². The number of ether oxygens (including phenoxy) is 3. The van der Waals surface area contributed by atoms with Gasteiger partial charge in [0.25, 0.3) is 5.91 Å². The lowest BCUT2D eigenvalue weighted by Crippen LogP contribution is -2.35. The highest BCUT2D eigenvalue weighted by Crippen LogP contribution is 2.44. The smallest absolute Gasteiger partial charge is 0.410 e. The van der Waals surface area contributed by atoms with E-state index in [1.807, 2.05) is 0 Å². The fourth-order valence-corrected chi connectivity index (χ4v) is 3.84. The molecular weight excluding hydrogens is 453 g/mol. The third kappa shape index (κ3) is 4.59. The number of hydrogen-bond donors (Lipinski definition) is 2. The van der Waals surface area contributed by atoms with E-state index in [-0.39, 0.29) is 17.9 Å². The van der Waals surface area contributed by atoms with Gasteiger partial charge in [0.15, 0.2) is 11.7 Å². The quantitative estimate of drug-likeness (QED) is 0.531. The Balaban J connectivity index is 1.64. The maximum Gasteiger partial charge on any atom is 0.410 e. The first-order valence-electron chi connectivity index (χ1n) is 10.3. The van der Waals surface area contributed by atoms with Crippen LogP contribution in [0.3, 0.4) is 0 Å². The molecule has 0 fully saturated rings. The Kier molecular flexibility index (Phi) is 6.27. The highest BCUT2D eigenvalue weighted by atomic mass is 19.4. The van der Waals surface area contributed by atoms with Crippen LogP contribution < -0.4 is 24.8 Å². The van der Waals surface area contributed by atoms with E-state index in [1.54, 1.807) is 42.5 Å². The summed E-state index contributed by atoms with van der Waals surface area (Å²) in [5.41, 5.74) is 0.792. The van der Waals surface area contributed by atoms with Crippen molar-refractivity contribution >= 4 is 17.4 Å². The van der Waals surface area contributed by atoms with Gasteiger partial charge >= 0.3 is 6.18 Å². The number of carbonyl (C=O) groups excluding carboxylic acids is 1. The molecule has 0 unspecified atom stereocenters. The number of rotatable bonds is 6. The summed E-state index contributed by atoms with van der Waals surface area (Å²) in [4.78, 5) is 12.9. The molecule has 2 N–H and O–H groups in total. The van der Waals surface area contributed by atoms with Gasteiger partial charge in [-0.15, -0.1) is 0 Å². The molecule has 2 atom stereocenters. The van der Waals surface area contributed by atoms with E-state index in [2.05, 4.69) is 15.7 Å². The third-order valence-electron chi connectivity index (χ3n) is 5.60. The first-order valence-corrected chi connectivity index (χ1v) is 10.3. The minimum Gasteiger partial charge on any atom is -0.497 e. The van der Waals surface area contributed by atoms with Crippen molar-refractivity contribution in [2.24, 2.45) is 0 Å². The molecule has 0 radical (unpaired) electrons. The van der Waals surface area contributed by atoms with E-state index in [1.165, 1.54) is 27.4 Å². The Morgan fingerprint density at radius 2 is 1.71 bits per heavy atom. The summed E-state index contributed by atoms with van der Waals surface area (Å²) in [6.07, 6.45) is -4.84. The number of anilines is 2. The lowest BCUT2D eigenvalue weighted by molar-refractivity contribution is -0.173. The van der Waals surface area contributed by atoms with Crippen LogP contribution in [0.25, 0.3) is 0 Å². The van der Waals surface area contributed by atoms with E-state index in [0.29, 0.717) is 28.5 Å². The number of nitrogens with one attached hydrogen (secondary N) is 2. The topological polar surface area (TPSA) is 86.6 Å². The van der Waals surface area contributed by atoms with Gasteiger partial charge in [-0.1, -0.05) is 12.1 Å². The number of fused-ring (bicyclic) bond motifs is 1. The molecule has 1 aliphatic rings. The first-order chi connectivity index (χ1) is 16.2. The summed E-state index contributed by atoms with van der Waals surface area (Å²) in [7, 11) is 4.42. The Morgan fingerprint density at radius 3 is 2.32 bits per heavy atom. The molecular formula is C23H23F3N4O4. The van der Waals surface area contributed by atoms with Crippen LogP contribution in [0.1, 0.15) is 34.6 Å². The van der Waals surface area contributed by atoms with Crippen molar-refractivity contribution in [3.8, 4) is 17.2 Å². The number of amides is 1. The van der Waals surface area contributed by atoms with Crippen molar-refractivity contribution in [3.05, 3.63) is 59.8 Å². The molecule has 1 aromatic heterocycles. The first kappa shape index (κ1) is 23.3. The van der Waals surface area contributed by atoms with Gasteiger partial charge in [0.1, 0.15) is 23.1 Å². The molecule has 2 heterocycles. The van der Waals surface area contributed by atoms with Crippen LogP contribution in [-0.2, 0) is 0 Å². The third-order valence-corrected chi connectivity index (χ3v) is 5.60. The number of methoxy groups -OCH3 is 3. The van der Waals surface area contributed by atoms with Crippen molar-refractivity contribution in [2.45, 2.75) is 24.7 Å². The van der Waals surface area contributed by atoms with E-state index in [0.717, 1.165) is 4.68 Å². The number of benzene rings is 2. The molecule has 3 aromatic rings. The van der Waals surface area contributed by atoms with Crippen LogP contribution in [0.2, 0.25) is 0 Å². The maximum atomic E-state index is 13.9. The summed E-state index contributed by atoms with van der Waals surface area (Å²) >= 11 is 0. The normalized spacial score (nSPS) is 17.4. The minimum absolute atomic E-state index is 0.0946. The van der Waals surface area contributed by atoms with E-state index in [4.69, 9.17) is 14.2 Å².